The number of benzene rings is 1. The highest BCUT2D eigenvalue weighted by atomic mass is 32.1. The van der Waals surface area contributed by atoms with Crippen LogP contribution in [0.2, 0.25) is 0 Å². The van der Waals surface area contributed by atoms with Gasteiger partial charge in [0.25, 0.3) is 0 Å². The molecule has 20 heavy (non-hydrogen) atoms. The van der Waals surface area contributed by atoms with E-state index >= 15 is 0 Å². The molecule has 0 unspecified atom stereocenters. The van der Waals surface area contributed by atoms with Crippen molar-refractivity contribution in [3.8, 4) is 11.4 Å². The third-order valence-corrected chi connectivity index (χ3v) is 3.96. The molecule has 104 valence electrons. The first kappa shape index (κ1) is 13.4. The van der Waals surface area contributed by atoms with E-state index in [9.17, 15) is 8.78 Å². The maximum Gasteiger partial charge on any atom is 0.159 e. The van der Waals surface area contributed by atoms with Gasteiger partial charge in [0.05, 0.1) is 0 Å². The number of hydrogen-bond acceptors (Lipinski definition) is 2. The summed E-state index contributed by atoms with van der Waals surface area (Å²) in [6.45, 7) is 0. The van der Waals surface area contributed by atoms with Crippen LogP contribution in [-0.4, -0.2) is 9.97 Å². The number of rotatable bonds is 2. The van der Waals surface area contributed by atoms with Gasteiger partial charge >= 0.3 is 0 Å². The molecule has 1 aromatic carbocycles. The third kappa shape index (κ3) is 2.63. The molecule has 1 fully saturated rings. The molecule has 3 rings (SSSR count). The van der Waals surface area contributed by atoms with Crippen LogP contribution in [0.1, 0.15) is 37.3 Å². The Morgan fingerprint density at radius 3 is 2.55 bits per heavy atom. The Kier molecular flexibility index (Phi) is 3.61. The third-order valence-electron chi connectivity index (χ3n) is 3.75. The van der Waals surface area contributed by atoms with Crippen molar-refractivity contribution in [2.24, 2.45) is 0 Å². The molecule has 1 aromatic heterocycles. The van der Waals surface area contributed by atoms with Crippen molar-refractivity contribution in [2.75, 3.05) is 0 Å². The van der Waals surface area contributed by atoms with Crippen molar-refractivity contribution < 1.29 is 8.78 Å². The number of nitrogens with zero attached hydrogens (tertiary/aromatic N) is 1. The largest absolute Gasteiger partial charge is 0.343 e. The summed E-state index contributed by atoms with van der Waals surface area (Å²) in [6.07, 6.45) is 4.70. The molecule has 1 aliphatic rings. The number of hydrogen-bond donors (Lipinski definition) is 1. The summed E-state index contributed by atoms with van der Waals surface area (Å²) in [6, 6.07) is 5.62. The van der Waals surface area contributed by atoms with E-state index in [0.717, 1.165) is 30.7 Å². The van der Waals surface area contributed by atoms with E-state index in [4.69, 9.17) is 12.2 Å². The molecule has 5 heteroatoms. The number of halogens is 2. The zero-order valence-electron chi connectivity index (χ0n) is 10.8. The van der Waals surface area contributed by atoms with Crippen LogP contribution >= 0.6 is 12.2 Å². The molecule has 1 aliphatic carbocycles. The predicted molar refractivity (Wildman–Crippen MR) is 76.0 cm³/mol. The van der Waals surface area contributed by atoms with E-state index in [0.29, 0.717) is 21.9 Å². The molecule has 1 N–H and O–H groups in total. The van der Waals surface area contributed by atoms with Crippen molar-refractivity contribution in [1.82, 2.24) is 9.97 Å². The molecule has 0 amide bonds. The molecule has 0 bridgehead atoms. The second-order valence-corrected chi connectivity index (χ2v) is 5.55. The van der Waals surface area contributed by atoms with E-state index in [1.54, 1.807) is 0 Å². The summed E-state index contributed by atoms with van der Waals surface area (Å²) in [4.78, 5) is 7.44. The second-order valence-electron chi connectivity index (χ2n) is 5.13. The summed E-state index contributed by atoms with van der Waals surface area (Å²) in [5.41, 5.74) is 1.55. The average molecular weight is 292 g/mol. The first-order chi connectivity index (χ1) is 9.63. The summed E-state index contributed by atoms with van der Waals surface area (Å²) in [5.74, 6) is -0.781. The van der Waals surface area contributed by atoms with Gasteiger partial charge in [0, 0.05) is 11.3 Å². The van der Waals surface area contributed by atoms with Crippen LogP contribution in [0.25, 0.3) is 11.4 Å². The Bertz CT molecular complexity index is 691. The SMILES string of the molecule is Fc1ccc(-c2nc(=S)cc(C3CCCC3)[nH]2)cc1F. The zero-order chi connectivity index (χ0) is 14.1. The monoisotopic (exact) mass is 292 g/mol. The number of aromatic nitrogens is 2. The van der Waals surface area contributed by atoms with Crippen LogP contribution in [0.3, 0.4) is 0 Å². The molecule has 1 heterocycles. The fourth-order valence-electron chi connectivity index (χ4n) is 2.71. The van der Waals surface area contributed by atoms with Crippen molar-refractivity contribution in [3.05, 3.63) is 46.2 Å². The van der Waals surface area contributed by atoms with Gasteiger partial charge in [-0.1, -0.05) is 25.1 Å². The van der Waals surface area contributed by atoms with Crippen LogP contribution in [0.4, 0.5) is 8.78 Å². The Hall–Kier alpha value is -1.62. The normalized spacial score (nSPS) is 15.7. The molecule has 0 radical (unpaired) electrons. The predicted octanol–water partition coefficient (Wildman–Crippen LogP) is 4.74. The first-order valence-electron chi connectivity index (χ1n) is 6.70. The molecule has 0 spiro atoms. The number of nitrogens with one attached hydrogen (secondary N) is 1. The standard InChI is InChI=1S/C15H14F2N2S/c16-11-6-5-10(7-12(11)17)15-18-13(8-14(20)19-15)9-3-1-2-4-9/h5-9H,1-4H2,(H,18,19,20). The van der Waals surface area contributed by atoms with E-state index in [-0.39, 0.29) is 0 Å². The number of aromatic amines is 1. The fourth-order valence-corrected chi connectivity index (χ4v) is 2.93. The van der Waals surface area contributed by atoms with Crippen molar-refractivity contribution in [2.45, 2.75) is 31.6 Å². The maximum absolute atomic E-state index is 13.3. The van der Waals surface area contributed by atoms with Crippen molar-refractivity contribution >= 4 is 12.2 Å². The van der Waals surface area contributed by atoms with Crippen molar-refractivity contribution in [1.29, 1.82) is 0 Å². The summed E-state index contributed by atoms with van der Waals surface area (Å²) in [5, 5.41) is 0. The lowest BCUT2D eigenvalue weighted by molar-refractivity contribution is 0.509. The van der Waals surface area contributed by atoms with Crippen molar-refractivity contribution in [3.63, 3.8) is 0 Å². The average Bonchev–Trinajstić information content (AvgIpc) is 2.95. The number of H-pyrrole nitrogens is 1. The fraction of sp³-hybridized carbons (Fsp3) is 0.333. The molecule has 2 aromatic rings. The van der Waals surface area contributed by atoms with Gasteiger partial charge in [-0.15, -0.1) is 0 Å². The first-order valence-corrected chi connectivity index (χ1v) is 7.11. The van der Waals surface area contributed by atoms with Gasteiger partial charge in [0.2, 0.25) is 0 Å². The van der Waals surface area contributed by atoms with E-state index in [2.05, 4.69) is 9.97 Å². The minimum atomic E-state index is -0.880. The van der Waals surface area contributed by atoms with Crippen LogP contribution in [0, 0.1) is 16.3 Å². The Morgan fingerprint density at radius 2 is 1.85 bits per heavy atom. The maximum atomic E-state index is 13.3. The summed E-state index contributed by atoms with van der Waals surface area (Å²) in [7, 11) is 0. The van der Waals surface area contributed by atoms with Crippen LogP contribution < -0.4 is 0 Å². The molecule has 2 nitrogen and oxygen atoms in total. The van der Waals surface area contributed by atoms with Gasteiger partial charge in [-0.3, -0.25) is 0 Å². The zero-order valence-corrected chi connectivity index (χ0v) is 11.6. The molecule has 0 aliphatic heterocycles. The summed E-state index contributed by atoms with van der Waals surface area (Å²) >= 11 is 5.18. The Balaban J connectivity index is 2.04. The lowest BCUT2D eigenvalue weighted by atomic mass is 10.0. The molecule has 0 saturated heterocycles. The van der Waals surface area contributed by atoms with Gasteiger partial charge < -0.3 is 4.98 Å². The molecule has 0 atom stereocenters. The summed E-state index contributed by atoms with van der Waals surface area (Å²) < 4.78 is 26.8. The highest BCUT2D eigenvalue weighted by Gasteiger charge is 2.18. The quantitative estimate of drug-likeness (QED) is 0.810. The van der Waals surface area contributed by atoms with Gasteiger partial charge in [0.15, 0.2) is 11.6 Å². The lowest BCUT2D eigenvalue weighted by Crippen LogP contribution is -2.01. The highest BCUT2D eigenvalue weighted by molar-refractivity contribution is 7.71. The van der Waals surface area contributed by atoms with Gasteiger partial charge in [-0.25, -0.2) is 13.8 Å². The minimum Gasteiger partial charge on any atom is -0.343 e. The van der Waals surface area contributed by atoms with Gasteiger partial charge in [0.1, 0.15) is 10.5 Å². The van der Waals surface area contributed by atoms with Crippen LogP contribution in [-0.2, 0) is 0 Å². The topological polar surface area (TPSA) is 28.7 Å². The molecular formula is C15H14F2N2S. The van der Waals surface area contributed by atoms with Gasteiger partial charge in [-0.2, -0.15) is 0 Å². The van der Waals surface area contributed by atoms with E-state index in [1.165, 1.54) is 18.9 Å². The van der Waals surface area contributed by atoms with Crippen LogP contribution in [0.15, 0.2) is 24.3 Å². The smallest absolute Gasteiger partial charge is 0.159 e. The lowest BCUT2D eigenvalue weighted by Gasteiger charge is -2.11. The van der Waals surface area contributed by atoms with Gasteiger partial charge in [-0.05, 0) is 43.0 Å². The van der Waals surface area contributed by atoms with Crippen LogP contribution in [0.5, 0.6) is 0 Å². The minimum absolute atomic E-state index is 0.462. The van der Waals surface area contributed by atoms with E-state index in [1.807, 2.05) is 6.07 Å². The highest BCUT2D eigenvalue weighted by Crippen LogP contribution is 2.33. The van der Waals surface area contributed by atoms with E-state index < -0.39 is 11.6 Å². The Morgan fingerprint density at radius 1 is 1.10 bits per heavy atom. The second kappa shape index (κ2) is 5.40. The Labute approximate surface area is 120 Å². The molecular weight excluding hydrogens is 278 g/mol. The molecule has 1 saturated carbocycles.